The van der Waals surface area contributed by atoms with Gasteiger partial charge >= 0.3 is 6.18 Å². The first-order valence-corrected chi connectivity index (χ1v) is 6.73. The predicted molar refractivity (Wildman–Crippen MR) is 65.7 cm³/mol. The topological polar surface area (TPSA) is 60.6 Å². The Balaban J connectivity index is 1.67. The summed E-state index contributed by atoms with van der Waals surface area (Å²) in [4.78, 5) is 6.22. The normalized spacial score (nSPS) is 20.9. The van der Waals surface area contributed by atoms with Crippen molar-refractivity contribution in [2.75, 3.05) is 39.5 Å². The zero-order valence-corrected chi connectivity index (χ0v) is 11.7. The summed E-state index contributed by atoms with van der Waals surface area (Å²) >= 11 is 0. The maximum Gasteiger partial charge on any atom is 0.411 e. The molecule has 0 saturated carbocycles. The van der Waals surface area contributed by atoms with Crippen LogP contribution in [0.3, 0.4) is 0 Å². The van der Waals surface area contributed by atoms with Crippen LogP contribution < -0.4 is 0 Å². The summed E-state index contributed by atoms with van der Waals surface area (Å²) in [5.74, 6) is 0.983. The van der Waals surface area contributed by atoms with Crippen LogP contribution in [0, 0.1) is 6.92 Å². The Morgan fingerprint density at radius 1 is 1.43 bits per heavy atom. The molecule has 0 bridgehead atoms. The molecule has 0 unspecified atom stereocenters. The van der Waals surface area contributed by atoms with Crippen molar-refractivity contribution in [3.05, 3.63) is 11.7 Å². The zero-order valence-electron chi connectivity index (χ0n) is 11.7. The van der Waals surface area contributed by atoms with Crippen LogP contribution in [0.15, 0.2) is 4.52 Å². The van der Waals surface area contributed by atoms with Gasteiger partial charge in [0.2, 0.25) is 11.7 Å². The monoisotopic (exact) mass is 309 g/mol. The fourth-order valence-corrected chi connectivity index (χ4v) is 2.09. The molecule has 2 rings (SSSR count). The minimum Gasteiger partial charge on any atom is -0.372 e. The Kier molecular flexibility index (Phi) is 5.54. The van der Waals surface area contributed by atoms with Crippen molar-refractivity contribution in [2.24, 2.45) is 0 Å². The quantitative estimate of drug-likeness (QED) is 0.746. The lowest BCUT2D eigenvalue weighted by molar-refractivity contribution is -0.174. The van der Waals surface area contributed by atoms with E-state index in [0.717, 1.165) is 6.54 Å². The number of alkyl halides is 3. The molecule has 1 aliphatic heterocycles. The van der Waals surface area contributed by atoms with E-state index in [2.05, 4.69) is 19.8 Å². The van der Waals surface area contributed by atoms with E-state index in [-0.39, 0.29) is 12.7 Å². The Bertz CT molecular complexity index is 439. The van der Waals surface area contributed by atoms with Gasteiger partial charge in [0.15, 0.2) is 0 Å². The summed E-state index contributed by atoms with van der Waals surface area (Å²) in [6.07, 6.45) is -3.98. The van der Waals surface area contributed by atoms with E-state index in [1.807, 2.05) is 0 Å². The lowest BCUT2D eigenvalue weighted by Crippen LogP contribution is -2.39. The molecule has 1 aromatic rings. The van der Waals surface area contributed by atoms with E-state index in [9.17, 15) is 13.2 Å². The Morgan fingerprint density at radius 3 is 2.90 bits per heavy atom. The average Bonchev–Trinajstić information content (AvgIpc) is 2.84. The van der Waals surface area contributed by atoms with E-state index < -0.39 is 12.8 Å². The minimum atomic E-state index is -4.26. The molecule has 1 aliphatic rings. The highest BCUT2D eigenvalue weighted by atomic mass is 19.4. The molecule has 1 fully saturated rings. The number of morpholine rings is 1. The second-order valence-electron chi connectivity index (χ2n) is 4.85. The third-order valence-corrected chi connectivity index (χ3v) is 3.01. The van der Waals surface area contributed by atoms with Gasteiger partial charge in [-0.25, -0.2) is 0 Å². The molecule has 6 nitrogen and oxygen atoms in total. The van der Waals surface area contributed by atoms with Crippen molar-refractivity contribution >= 4 is 0 Å². The fraction of sp³-hybridized carbons (Fsp3) is 0.833. The van der Waals surface area contributed by atoms with Gasteiger partial charge in [0.25, 0.3) is 0 Å². The number of ether oxygens (including phenoxy) is 2. The summed E-state index contributed by atoms with van der Waals surface area (Å²) in [6.45, 7) is 3.10. The van der Waals surface area contributed by atoms with Crippen LogP contribution in [-0.4, -0.2) is 60.7 Å². The molecule has 2 heterocycles. The van der Waals surface area contributed by atoms with Gasteiger partial charge in [-0.1, -0.05) is 5.16 Å². The van der Waals surface area contributed by atoms with Crippen LogP contribution in [0.4, 0.5) is 13.2 Å². The van der Waals surface area contributed by atoms with Gasteiger partial charge in [-0.3, -0.25) is 4.90 Å². The van der Waals surface area contributed by atoms with Crippen molar-refractivity contribution in [1.29, 1.82) is 0 Å². The zero-order chi connectivity index (χ0) is 15.3. The molecule has 1 atom stereocenters. The first kappa shape index (κ1) is 16.2. The van der Waals surface area contributed by atoms with Crippen molar-refractivity contribution in [2.45, 2.75) is 25.6 Å². The second kappa shape index (κ2) is 7.19. The third kappa shape index (κ3) is 5.60. The Labute approximate surface area is 120 Å². The lowest BCUT2D eigenvalue weighted by Gasteiger charge is -2.31. The van der Waals surface area contributed by atoms with Crippen LogP contribution in [0.1, 0.15) is 24.2 Å². The molecule has 0 N–H and O–H groups in total. The van der Waals surface area contributed by atoms with Gasteiger partial charge < -0.3 is 14.0 Å². The number of rotatable bonds is 6. The first-order chi connectivity index (χ1) is 9.94. The molecule has 21 heavy (non-hydrogen) atoms. The molecular weight excluding hydrogens is 291 g/mol. The number of aryl methyl sites for hydroxylation is 1. The van der Waals surface area contributed by atoms with Gasteiger partial charge in [0.05, 0.1) is 6.61 Å². The van der Waals surface area contributed by atoms with E-state index in [0.29, 0.717) is 37.8 Å². The highest BCUT2D eigenvalue weighted by molar-refractivity contribution is 4.92. The maximum absolute atomic E-state index is 11.9. The first-order valence-electron chi connectivity index (χ1n) is 6.73. The van der Waals surface area contributed by atoms with Crippen LogP contribution >= 0.6 is 0 Å². The summed E-state index contributed by atoms with van der Waals surface area (Å²) in [7, 11) is 0. The molecule has 0 amide bonds. The summed E-state index contributed by atoms with van der Waals surface area (Å²) in [5.41, 5.74) is 0. The van der Waals surface area contributed by atoms with Crippen LogP contribution in [0.5, 0.6) is 0 Å². The molecular formula is C12H18F3N3O3. The second-order valence-corrected chi connectivity index (χ2v) is 4.85. The number of hydrogen-bond donors (Lipinski definition) is 0. The standard InChI is InChI=1S/C12H18F3N3O3/c1-9-16-11(17-21-9)10-7-18(4-6-20-10)3-2-5-19-8-12(13,14)15/h10H,2-8H2,1H3/t10-/m0/s1. The van der Waals surface area contributed by atoms with Crippen LogP contribution in [-0.2, 0) is 9.47 Å². The highest BCUT2D eigenvalue weighted by Crippen LogP contribution is 2.20. The van der Waals surface area contributed by atoms with Gasteiger partial charge in [-0.15, -0.1) is 0 Å². The van der Waals surface area contributed by atoms with Crippen molar-refractivity contribution < 1.29 is 27.2 Å². The largest absolute Gasteiger partial charge is 0.411 e. The van der Waals surface area contributed by atoms with Gasteiger partial charge in [0, 0.05) is 33.2 Å². The Hall–Kier alpha value is -1.19. The Morgan fingerprint density at radius 2 is 2.24 bits per heavy atom. The molecule has 120 valence electrons. The van der Waals surface area contributed by atoms with E-state index >= 15 is 0 Å². The summed E-state index contributed by atoms with van der Waals surface area (Å²) < 4.78 is 50.8. The van der Waals surface area contributed by atoms with E-state index in [1.165, 1.54) is 0 Å². The smallest absolute Gasteiger partial charge is 0.372 e. The van der Waals surface area contributed by atoms with Gasteiger partial charge in [0.1, 0.15) is 12.7 Å². The highest BCUT2D eigenvalue weighted by Gasteiger charge is 2.28. The lowest BCUT2D eigenvalue weighted by atomic mass is 10.2. The molecule has 0 spiro atoms. The van der Waals surface area contributed by atoms with Gasteiger partial charge in [-0.2, -0.15) is 18.2 Å². The van der Waals surface area contributed by atoms with Crippen molar-refractivity contribution in [3.63, 3.8) is 0 Å². The number of hydrogen-bond acceptors (Lipinski definition) is 6. The molecule has 0 radical (unpaired) electrons. The summed E-state index contributed by atoms with van der Waals surface area (Å²) in [6, 6.07) is 0. The predicted octanol–water partition coefficient (Wildman–Crippen LogP) is 1.72. The number of aromatic nitrogens is 2. The molecule has 9 heteroatoms. The number of nitrogens with zero attached hydrogens (tertiary/aromatic N) is 3. The van der Waals surface area contributed by atoms with E-state index in [1.54, 1.807) is 6.92 Å². The minimum absolute atomic E-state index is 0.0862. The average molecular weight is 309 g/mol. The third-order valence-electron chi connectivity index (χ3n) is 3.01. The fourth-order valence-electron chi connectivity index (χ4n) is 2.09. The molecule has 1 saturated heterocycles. The van der Waals surface area contributed by atoms with Crippen LogP contribution in [0.2, 0.25) is 0 Å². The number of halogens is 3. The van der Waals surface area contributed by atoms with Gasteiger partial charge in [-0.05, 0) is 6.42 Å². The van der Waals surface area contributed by atoms with Crippen molar-refractivity contribution in [1.82, 2.24) is 15.0 Å². The maximum atomic E-state index is 11.9. The van der Waals surface area contributed by atoms with E-state index in [4.69, 9.17) is 9.26 Å². The molecule has 1 aromatic heterocycles. The SMILES string of the molecule is Cc1nc([C@@H]2CN(CCCOCC(F)(F)F)CCO2)no1. The molecule has 0 aromatic carbocycles. The summed E-state index contributed by atoms with van der Waals surface area (Å²) in [5, 5.41) is 3.82. The van der Waals surface area contributed by atoms with Crippen molar-refractivity contribution in [3.8, 4) is 0 Å². The molecule has 0 aliphatic carbocycles. The van der Waals surface area contributed by atoms with Crippen LogP contribution in [0.25, 0.3) is 0 Å².